The van der Waals surface area contributed by atoms with Gasteiger partial charge in [0.2, 0.25) is 5.91 Å². The van der Waals surface area contributed by atoms with Crippen molar-refractivity contribution in [2.24, 2.45) is 0 Å². The minimum atomic E-state index is -0.384. The van der Waals surface area contributed by atoms with E-state index in [2.05, 4.69) is 10.2 Å². The SMILES string of the molecule is CC(=O)c1ccc(N2CCN(C(=O)CCCNC(=O)c3ccc(F)cc3)CC2)cc1. The lowest BCUT2D eigenvalue weighted by atomic mass is 10.1. The van der Waals surface area contributed by atoms with E-state index in [-0.39, 0.29) is 23.4 Å². The molecule has 0 atom stereocenters. The number of halogens is 1. The molecule has 1 aliphatic heterocycles. The lowest BCUT2D eigenvalue weighted by Gasteiger charge is -2.36. The fourth-order valence-corrected chi connectivity index (χ4v) is 3.42. The second-order valence-electron chi connectivity index (χ2n) is 7.34. The predicted molar refractivity (Wildman–Crippen MR) is 113 cm³/mol. The van der Waals surface area contributed by atoms with Gasteiger partial charge in [0.05, 0.1) is 0 Å². The first-order valence-corrected chi connectivity index (χ1v) is 10.1. The van der Waals surface area contributed by atoms with Crippen LogP contribution in [-0.2, 0) is 4.79 Å². The molecule has 1 heterocycles. The normalized spacial score (nSPS) is 13.8. The van der Waals surface area contributed by atoms with Crippen LogP contribution in [0.5, 0.6) is 0 Å². The van der Waals surface area contributed by atoms with Gasteiger partial charge in [0.15, 0.2) is 5.78 Å². The molecule has 1 saturated heterocycles. The molecule has 0 bridgehead atoms. The van der Waals surface area contributed by atoms with Gasteiger partial charge in [-0.1, -0.05) is 0 Å². The van der Waals surface area contributed by atoms with Gasteiger partial charge in [0.25, 0.3) is 5.91 Å². The molecule has 0 radical (unpaired) electrons. The van der Waals surface area contributed by atoms with Crippen LogP contribution in [0.3, 0.4) is 0 Å². The van der Waals surface area contributed by atoms with Crippen molar-refractivity contribution in [2.45, 2.75) is 19.8 Å². The van der Waals surface area contributed by atoms with Crippen LogP contribution in [0.4, 0.5) is 10.1 Å². The number of nitrogens with zero attached hydrogens (tertiary/aromatic N) is 2. The topological polar surface area (TPSA) is 69.7 Å². The zero-order valence-electron chi connectivity index (χ0n) is 17.1. The molecule has 0 spiro atoms. The maximum atomic E-state index is 12.9. The van der Waals surface area contributed by atoms with Crippen LogP contribution in [0.1, 0.15) is 40.5 Å². The van der Waals surface area contributed by atoms with E-state index in [0.717, 1.165) is 18.8 Å². The highest BCUT2D eigenvalue weighted by molar-refractivity contribution is 5.94. The number of benzene rings is 2. The zero-order valence-corrected chi connectivity index (χ0v) is 17.1. The fourth-order valence-electron chi connectivity index (χ4n) is 3.42. The van der Waals surface area contributed by atoms with Gasteiger partial charge in [-0.05, 0) is 61.9 Å². The Hall–Kier alpha value is -3.22. The van der Waals surface area contributed by atoms with E-state index in [1.165, 1.54) is 24.3 Å². The fraction of sp³-hybridized carbons (Fsp3) is 0.348. The lowest BCUT2D eigenvalue weighted by Crippen LogP contribution is -2.48. The molecule has 1 N–H and O–H groups in total. The molecule has 2 aromatic carbocycles. The summed E-state index contributed by atoms with van der Waals surface area (Å²) in [4.78, 5) is 39.8. The van der Waals surface area contributed by atoms with Crippen LogP contribution >= 0.6 is 0 Å². The first-order chi connectivity index (χ1) is 14.4. The number of carbonyl (C=O) groups excluding carboxylic acids is 3. The smallest absolute Gasteiger partial charge is 0.251 e. The van der Waals surface area contributed by atoms with Gasteiger partial charge in [-0.25, -0.2) is 4.39 Å². The maximum Gasteiger partial charge on any atom is 0.251 e. The van der Waals surface area contributed by atoms with Gasteiger partial charge in [0, 0.05) is 56.0 Å². The summed E-state index contributed by atoms with van der Waals surface area (Å²) < 4.78 is 12.9. The molecule has 158 valence electrons. The number of hydrogen-bond acceptors (Lipinski definition) is 4. The number of ketones is 1. The Morgan fingerprint density at radius 1 is 0.900 bits per heavy atom. The third kappa shape index (κ3) is 5.65. The summed E-state index contributed by atoms with van der Waals surface area (Å²) >= 11 is 0. The summed E-state index contributed by atoms with van der Waals surface area (Å²) in [6.45, 7) is 4.72. The molecular formula is C23H26FN3O3. The molecular weight excluding hydrogens is 385 g/mol. The third-order valence-electron chi connectivity index (χ3n) is 5.23. The summed E-state index contributed by atoms with van der Waals surface area (Å²) in [5.74, 6) is -0.527. The molecule has 7 heteroatoms. The number of carbonyl (C=O) groups is 3. The first-order valence-electron chi connectivity index (χ1n) is 10.1. The summed E-state index contributed by atoms with van der Waals surface area (Å²) in [5, 5.41) is 2.75. The summed E-state index contributed by atoms with van der Waals surface area (Å²) in [6.07, 6.45) is 0.926. The average Bonchev–Trinajstić information content (AvgIpc) is 2.77. The van der Waals surface area contributed by atoms with Crippen molar-refractivity contribution in [1.29, 1.82) is 0 Å². The van der Waals surface area contributed by atoms with Crippen molar-refractivity contribution in [3.63, 3.8) is 0 Å². The number of piperazine rings is 1. The minimum Gasteiger partial charge on any atom is -0.368 e. The van der Waals surface area contributed by atoms with E-state index in [1.54, 1.807) is 6.92 Å². The Labute approximate surface area is 175 Å². The Bertz CT molecular complexity index is 889. The molecule has 1 fully saturated rings. The van der Waals surface area contributed by atoms with E-state index in [4.69, 9.17) is 0 Å². The quantitative estimate of drug-likeness (QED) is 0.562. The van der Waals surface area contributed by atoms with Gasteiger partial charge < -0.3 is 15.1 Å². The van der Waals surface area contributed by atoms with Crippen LogP contribution in [0.2, 0.25) is 0 Å². The zero-order chi connectivity index (χ0) is 21.5. The van der Waals surface area contributed by atoms with Gasteiger partial charge in [0.1, 0.15) is 5.82 Å². The number of anilines is 1. The molecule has 0 unspecified atom stereocenters. The van der Waals surface area contributed by atoms with Crippen LogP contribution in [0.15, 0.2) is 48.5 Å². The third-order valence-corrected chi connectivity index (χ3v) is 5.23. The van der Waals surface area contributed by atoms with E-state index < -0.39 is 0 Å². The van der Waals surface area contributed by atoms with E-state index in [1.807, 2.05) is 29.2 Å². The van der Waals surface area contributed by atoms with Gasteiger partial charge in [-0.2, -0.15) is 0 Å². The Morgan fingerprint density at radius 2 is 1.50 bits per heavy atom. The van der Waals surface area contributed by atoms with Crippen molar-refractivity contribution < 1.29 is 18.8 Å². The van der Waals surface area contributed by atoms with Gasteiger partial charge >= 0.3 is 0 Å². The van der Waals surface area contributed by atoms with Gasteiger partial charge in [-0.3, -0.25) is 14.4 Å². The van der Waals surface area contributed by atoms with Crippen molar-refractivity contribution >= 4 is 23.3 Å². The van der Waals surface area contributed by atoms with Crippen molar-refractivity contribution in [3.8, 4) is 0 Å². The van der Waals surface area contributed by atoms with E-state index >= 15 is 0 Å². The van der Waals surface area contributed by atoms with Crippen molar-refractivity contribution in [2.75, 3.05) is 37.6 Å². The van der Waals surface area contributed by atoms with Crippen LogP contribution in [-0.4, -0.2) is 55.2 Å². The number of nitrogens with one attached hydrogen (secondary N) is 1. The molecule has 30 heavy (non-hydrogen) atoms. The van der Waals surface area contributed by atoms with Crippen molar-refractivity contribution in [1.82, 2.24) is 10.2 Å². The largest absolute Gasteiger partial charge is 0.368 e. The number of rotatable bonds is 7. The minimum absolute atomic E-state index is 0.0471. The second-order valence-corrected chi connectivity index (χ2v) is 7.34. The highest BCUT2D eigenvalue weighted by Gasteiger charge is 2.21. The number of hydrogen-bond donors (Lipinski definition) is 1. The van der Waals surface area contributed by atoms with E-state index in [9.17, 15) is 18.8 Å². The molecule has 2 amide bonds. The first kappa shape index (κ1) is 21.5. The summed E-state index contributed by atoms with van der Waals surface area (Å²) in [6, 6.07) is 12.9. The Morgan fingerprint density at radius 3 is 2.10 bits per heavy atom. The highest BCUT2D eigenvalue weighted by Crippen LogP contribution is 2.18. The second kappa shape index (κ2) is 10.0. The van der Waals surface area contributed by atoms with E-state index in [0.29, 0.717) is 43.6 Å². The number of amides is 2. The van der Waals surface area contributed by atoms with Gasteiger partial charge in [-0.15, -0.1) is 0 Å². The summed E-state index contributed by atoms with van der Waals surface area (Å²) in [7, 11) is 0. The summed E-state index contributed by atoms with van der Waals surface area (Å²) in [5.41, 5.74) is 2.14. The lowest BCUT2D eigenvalue weighted by molar-refractivity contribution is -0.131. The van der Waals surface area contributed by atoms with Crippen LogP contribution in [0.25, 0.3) is 0 Å². The Balaban J connectivity index is 1.37. The van der Waals surface area contributed by atoms with Crippen molar-refractivity contribution in [3.05, 3.63) is 65.5 Å². The monoisotopic (exact) mass is 411 g/mol. The Kier molecular flexibility index (Phi) is 7.17. The standard InChI is InChI=1S/C23H26FN3O3/c1-17(28)18-6-10-21(11-7-18)26-13-15-27(16-14-26)22(29)3-2-12-25-23(30)19-4-8-20(24)9-5-19/h4-11H,2-3,12-16H2,1H3,(H,25,30). The van der Waals surface area contributed by atoms with Crippen LogP contribution < -0.4 is 10.2 Å². The molecule has 6 nitrogen and oxygen atoms in total. The molecule has 0 saturated carbocycles. The molecule has 0 aliphatic carbocycles. The van der Waals surface area contributed by atoms with Crippen LogP contribution in [0, 0.1) is 5.82 Å². The average molecular weight is 411 g/mol. The maximum absolute atomic E-state index is 12.9. The number of Topliss-reactive ketones (excluding diaryl/α,β-unsaturated/α-hetero) is 1. The predicted octanol–water partition coefficient (Wildman–Crippen LogP) is 2.89. The molecule has 1 aliphatic rings. The molecule has 3 rings (SSSR count). The highest BCUT2D eigenvalue weighted by atomic mass is 19.1. The molecule has 0 aromatic heterocycles. The molecule has 2 aromatic rings.